The highest BCUT2D eigenvalue weighted by molar-refractivity contribution is 8.00. The molecule has 0 N–H and O–H groups in total. The van der Waals surface area contributed by atoms with Gasteiger partial charge in [-0.3, -0.25) is 0 Å². The second-order valence-corrected chi connectivity index (χ2v) is 13.6. The smallest absolute Gasteiger partial charge is 0.250 e. The quantitative estimate of drug-likeness (QED) is 0.225. The van der Waals surface area contributed by atoms with Crippen LogP contribution in [0.5, 0.6) is 0 Å². The summed E-state index contributed by atoms with van der Waals surface area (Å²) in [6.07, 6.45) is 7.44. The minimum absolute atomic E-state index is 0.0272. The molecule has 9 aromatic rings. The van der Waals surface area contributed by atoms with Gasteiger partial charge in [-0.1, -0.05) is 108 Å². The van der Waals surface area contributed by atoms with Crippen LogP contribution in [0.2, 0.25) is 0 Å². The highest BCUT2D eigenvalue weighted by Gasteiger charge is 2.39. The van der Waals surface area contributed by atoms with Gasteiger partial charge in [0.1, 0.15) is 0 Å². The average molecular weight is 603 g/mol. The van der Waals surface area contributed by atoms with Gasteiger partial charge in [0, 0.05) is 26.3 Å². The Bertz CT molecular complexity index is 2690. The van der Waals surface area contributed by atoms with Gasteiger partial charge in [0.2, 0.25) is 6.71 Å². The van der Waals surface area contributed by atoms with Gasteiger partial charge in [-0.05, 0) is 73.7 Å². The van der Waals surface area contributed by atoms with E-state index in [0.29, 0.717) is 0 Å². The fraction of sp³-hybridized carbons (Fsp3) is 0. The van der Waals surface area contributed by atoms with E-state index in [4.69, 9.17) is 8.83 Å². The maximum absolute atomic E-state index is 5.77. The van der Waals surface area contributed by atoms with Crippen LogP contribution in [0, 0.1) is 0 Å². The Morgan fingerprint density at radius 2 is 1.22 bits per heavy atom. The first-order chi connectivity index (χ1) is 22.8. The topological polar surface area (TPSA) is 31.2 Å². The van der Waals surface area contributed by atoms with Crippen LogP contribution >= 0.6 is 11.8 Å². The second kappa shape index (κ2) is 9.12. The fourth-order valence-electron chi connectivity index (χ4n) is 8.35. The lowest BCUT2D eigenvalue weighted by Crippen LogP contribution is -2.59. The van der Waals surface area contributed by atoms with Crippen molar-refractivity contribution in [2.24, 2.45) is 0 Å². The lowest BCUT2D eigenvalue weighted by atomic mass is 9.34. The van der Waals surface area contributed by atoms with E-state index in [-0.39, 0.29) is 13.4 Å². The predicted octanol–water partition coefficient (Wildman–Crippen LogP) is 6.09. The Morgan fingerprint density at radius 3 is 2.00 bits per heavy atom. The van der Waals surface area contributed by atoms with Crippen LogP contribution in [-0.4, -0.2) is 18.0 Å². The lowest BCUT2D eigenvalue weighted by Gasteiger charge is -2.31. The highest BCUT2D eigenvalue weighted by atomic mass is 32.2. The molecule has 0 amide bonds. The molecule has 5 heterocycles. The molecule has 0 fully saturated rings. The Balaban J connectivity index is 1.34. The summed E-state index contributed by atoms with van der Waals surface area (Å²) in [5.41, 5.74) is 11.4. The predicted molar refractivity (Wildman–Crippen MR) is 193 cm³/mol. The molecule has 2 aliphatic rings. The van der Waals surface area contributed by atoms with Gasteiger partial charge in [0.15, 0.2) is 0 Å². The molecule has 0 bridgehead atoms. The van der Waals surface area contributed by atoms with E-state index in [0.717, 1.165) is 0 Å². The van der Waals surface area contributed by atoms with E-state index in [1.165, 1.54) is 91.6 Å². The monoisotopic (exact) mass is 603 g/mol. The molecule has 0 saturated carbocycles. The van der Waals surface area contributed by atoms with Crippen molar-refractivity contribution in [3.05, 3.63) is 140 Å². The van der Waals surface area contributed by atoms with Crippen LogP contribution in [0.3, 0.4) is 0 Å². The zero-order valence-corrected chi connectivity index (χ0v) is 25.4. The standard InChI is InChI=1S/C40H23B2NO2S/c1-3-9-28-24(7-1)13-14-34-38(28)39-29-10-4-2-8-25(29)19-33-40(39)43(34)35-20-32-37(21-31(35)42(33)27-16-18-45-23-27)46-36-12-6-5-11-30(36)41(32)26-15-17-44-22-26/h1-23H. The zero-order valence-electron chi connectivity index (χ0n) is 24.6. The summed E-state index contributed by atoms with van der Waals surface area (Å²) in [6, 6.07) is 42.7. The number of hydrogen-bond acceptors (Lipinski definition) is 3. The van der Waals surface area contributed by atoms with Crippen LogP contribution in [0.1, 0.15) is 0 Å². The van der Waals surface area contributed by atoms with Gasteiger partial charge in [-0.25, -0.2) is 0 Å². The Labute approximate surface area is 269 Å². The first-order valence-corrected chi connectivity index (χ1v) is 16.5. The van der Waals surface area contributed by atoms with Gasteiger partial charge in [-0.15, -0.1) is 0 Å². The van der Waals surface area contributed by atoms with Crippen molar-refractivity contribution < 1.29 is 8.83 Å². The molecule has 0 aliphatic carbocycles. The average Bonchev–Trinajstić information content (AvgIpc) is 3.89. The van der Waals surface area contributed by atoms with E-state index >= 15 is 0 Å². The third-order valence-electron chi connectivity index (χ3n) is 10.2. The van der Waals surface area contributed by atoms with E-state index in [1.54, 1.807) is 6.26 Å². The van der Waals surface area contributed by atoms with Crippen molar-refractivity contribution in [2.45, 2.75) is 9.79 Å². The van der Waals surface area contributed by atoms with Crippen molar-refractivity contribution in [1.29, 1.82) is 0 Å². The maximum Gasteiger partial charge on any atom is 0.250 e. The molecule has 0 spiro atoms. The van der Waals surface area contributed by atoms with Crippen molar-refractivity contribution in [3.63, 3.8) is 0 Å². The Hall–Kier alpha value is -5.32. The first kappa shape index (κ1) is 24.9. The molecule has 46 heavy (non-hydrogen) atoms. The summed E-state index contributed by atoms with van der Waals surface area (Å²) in [5.74, 6) is 0. The van der Waals surface area contributed by atoms with Crippen LogP contribution in [-0.2, 0) is 0 Å². The molecule has 0 atom stereocenters. The molecular weight excluding hydrogens is 580 g/mol. The van der Waals surface area contributed by atoms with Gasteiger partial charge < -0.3 is 13.4 Å². The molecule has 6 heteroatoms. The Morgan fingerprint density at radius 1 is 0.522 bits per heavy atom. The minimum atomic E-state index is 0.0272. The van der Waals surface area contributed by atoms with Crippen molar-refractivity contribution >= 4 is 101 Å². The number of hydrogen-bond donors (Lipinski definition) is 0. The molecule has 6 aromatic carbocycles. The van der Waals surface area contributed by atoms with Crippen LogP contribution in [0.4, 0.5) is 0 Å². The van der Waals surface area contributed by atoms with Gasteiger partial charge in [-0.2, -0.15) is 0 Å². The van der Waals surface area contributed by atoms with Gasteiger partial charge in [0.25, 0.3) is 6.71 Å². The molecule has 0 saturated heterocycles. The summed E-state index contributed by atoms with van der Waals surface area (Å²) in [5, 5.41) is 7.72. The summed E-state index contributed by atoms with van der Waals surface area (Å²) in [7, 11) is 0. The number of furan rings is 2. The molecule has 212 valence electrons. The zero-order chi connectivity index (χ0) is 29.9. The van der Waals surface area contributed by atoms with Crippen LogP contribution in [0.15, 0.2) is 159 Å². The van der Waals surface area contributed by atoms with Gasteiger partial charge >= 0.3 is 0 Å². The molecule has 3 nitrogen and oxygen atoms in total. The number of rotatable bonds is 2. The summed E-state index contributed by atoms with van der Waals surface area (Å²) >= 11 is 1.88. The Kier molecular flexibility index (Phi) is 4.94. The molecule has 0 radical (unpaired) electrons. The van der Waals surface area contributed by atoms with Crippen LogP contribution in [0.25, 0.3) is 49.0 Å². The lowest BCUT2D eigenvalue weighted by molar-refractivity contribution is 0.569. The molecule has 3 aromatic heterocycles. The number of nitrogens with zero attached hydrogens (tertiary/aromatic N) is 1. The minimum Gasteiger partial charge on any atom is -0.473 e. The van der Waals surface area contributed by atoms with Crippen molar-refractivity contribution in [1.82, 2.24) is 4.57 Å². The van der Waals surface area contributed by atoms with E-state index < -0.39 is 0 Å². The summed E-state index contributed by atoms with van der Waals surface area (Å²) in [4.78, 5) is 2.59. The third-order valence-corrected chi connectivity index (χ3v) is 11.4. The number of aromatic nitrogens is 1. The van der Waals surface area contributed by atoms with Crippen molar-refractivity contribution in [2.75, 3.05) is 0 Å². The van der Waals surface area contributed by atoms with Crippen molar-refractivity contribution in [3.8, 4) is 5.69 Å². The number of benzene rings is 6. The summed E-state index contributed by atoms with van der Waals surface area (Å²) < 4.78 is 14.0. The first-order valence-electron chi connectivity index (χ1n) is 15.7. The van der Waals surface area contributed by atoms with E-state index in [2.05, 4.69) is 120 Å². The largest absolute Gasteiger partial charge is 0.473 e. The molecule has 2 aliphatic heterocycles. The highest BCUT2D eigenvalue weighted by Crippen LogP contribution is 2.41. The SMILES string of the molecule is c1ccc2c(c1)Sc1cc3c(cc1B2c1ccoc1)-n1c2ccc4ccccc4c2c2c4ccccc4cc(c21)B3c1ccoc1. The summed E-state index contributed by atoms with van der Waals surface area (Å²) in [6.45, 7) is 0.111. The third kappa shape index (κ3) is 3.22. The fourth-order valence-corrected chi connectivity index (χ4v) is 9.52. The second-order valence-electron chi connectivity index (χ2n) is 12.5. The maximum atomic E-state index is 5.77. The molecular formula is C40H23B2NO2S. The molecule has 0 unspecified atom stereocenters. The van der Waals surface area contributed by atoms with Gasteiger partial charge in [0.05, 0.1) is 36.1 Å². The normalized spacial score (nSPS) is 13.5. The van der Waals surface area contributed by atoms with E-state index in [9.17, 15) is 0 Å². The molecule has 11 rings (SSSR count). The van der Waals surface area contributed by atoms with E-state index in [1.807, 2.05) is 30.6 Å². The number of fused-ring (bicyclic) bond motifs is 11. The van der Waals surface area contributed by atoms with Crippen LogP contribution < -0.4 is 32.8 Å².